The van der Waals surface area contributed by atoms with Crippen LogP contribution in [0.2, 0.25) is 0 Å². The van der Waals surface area contributed by atoms with Crippen molar-refractivity contribution in [2.24, 2.45) is 0 Å². The summed E-state index contributed by atoms with van der Waals surface area (Å²) in [6.45, 7) is 2.63. The van der Waals surface area contributed by atoms with Gasteiger partial charge in [-0.25, -0.2) is 4.98 Å². The van der Waals surface area contributed by atoms with Crippen molar-refractivity contribution < 1.29 is 4.79 Å². The van der Waals surface area contributed by atoms with E-state index in [1.165, 1.54) is 11.1 Å². The van der Waals surface area contributed by atoms with E-state index in [1.54, 1.807) is 37.5 Å². The summed E-state index contributed by atoms with van der Waals surface area (Å²) in [5.74, 6) is 0.232. The molecule has 106 valence electrons. The summed E-state index contributed by atoms with van der Waals surface area (Å²) in [6, 6.07) is 8.99. The lowest BCUT2D eigenvalue weighted by Gasteiger charge is -2.18. The predicted molar refractivity (Wildman–Crippen MR) is 80.1 cm³/mol. The van der Waals surface area contributed by atoms with Gasteiger partial charge < -0.3 is 10.2 Å². The zero-order valence-corrected chi connectivity index (χ0v) is 11.9. The molecule has 0 fully saturated rings. The van der Waals surface area contributed by atoms with Crippen LogP contribution in [0.3, 0.4) is 0 Å². The van der Waals surface area contributed by atoms with E-state index in [0.717, 1.165) is 0 Å². The van der Waals surface area contributed by atoms with Gasteiger partial charge in [0.05, 0.1) is 23.6 Å². The molecule has 2 aromatic rings. The number of aromatic nitrogens is 2. The first-order valence-corrected chi connectivity index (χ1v) is 6.50. The molecule has 0 spiro atoms. The Morgan fingerprint density at radius 2 is 2.14 bits per heavy atom. The van der Waals surface area contributed by atoms with Crippen LogP contribution in [-0.4, -0.2) is 29.5 Å². The van der Waals surface area contributed by atoms with Gasteiger partial charge in [0.2, 0.25) is 0 Å². The van der Waals surface area contributed by atoms with E-state index < -0.39 is 0 Å². The average molecular weight is 281 g/mol. The molecule has 6 nitrogen and oxygen atoms in total. The Morgan fingerprint density at radius 1 is 1.38 bits per heavy atom. The number of rotatable bonds is 4. The van der Waals surface area contributed by atoms with Crippen LogP contribution in [0, 0.1) is 11.3 Å². The maximum Gasteiger partial charge on any atom is 0.278 e. The molecule has 0 radical (unpaired) electrons. The minimum atomic E-state index is -0.315. The Hall–Kier alpha value is -2.94. The second-order valence-electron chi connectivity index (χ2n) is 4.31. The summed E-state index contributed by atoms with van der Waals surface area (Å²) >= 11 is 0. The first-order valence-electron chi connectivity index (χ1n) is 6.50. The number of anilines is 2. The maximum atomic E-state index is 12.5. The van der Waals surface area contributed by atoms with Crippen LogP contribution in [0.1, 0.15) is 23.0 Å². The second kappa shape index (κ2) is 6.48. The normalized spacial score (nSPS) is 9.76. The Bertz CT molecular complexity index is 692. The molecule has 0 aliphatic rings. The summed E-state index contributed by atoms with van der Waals surface area (Å²) in [5, 5.41) is 12.1. The van der Waals surface area contributed by atoms with Crippen molar-refractivity contribution >= 4 is 17.4 Å². The fourth-order valence-corrected chi connectivity index (χ4v) is 1.88. The zero-order valence-electron chi connectivity index (χ0n) is 11.9. The third-order valence-electron chi connectivity index (χ3n) is 2.90. The van der Waals surface area contributed by atoms with E-state index in [0.29, 0.717) is 23.6 Å². The van der Waals surface area contributed by atoms with Gasteiger partial charge in [0.1, 0.15) is 17.6 Å². The Morgan fingerprint density at radius 3 is 2.86 bits per heavy atom. The molecule has 0 saturated heterocycles. The quantitative estimate of drug-likeness (QED) is 0.927. The minimum Gasteiger partial charge on any atom is -0.369 e. The van der Waals surface area contributed by atoms with E-state index >= 15 is 0 Å². The van der Waals surface area contributed by atoms with Crippen LogP contribution in [0.5, 0.6) is 0 Å². The standard InChI is InChI=1S/C15H15N5O/c1-3-18-14-10-17-9-12(19-14)15(21)20(2)13-7-5-4-6-11(13)8-16/h4-7,9-10H,3H2,1-2H3,(H,18,19). The highest BCUT2D eigenvalue weighted by atomic mass is 16.2. The van der Waals surface area contributed by atoms with Gasteiger partial charge in [-0.3, -0.25) is 9.78 Å². The number of nitrogens with one attached hydrogen (secondary N) is 1. The van der Waals surface area contributed by atoms with E-state index in [1.807, 2.05) is 6.92 Å². The summed E-state index contributed by atoms with van der Waals surface area (Å²) < 4.78 is 0. The van der Waals surface area contributed by atoms with Gasteiger partial charge in [-0.1, -0.05) is 12.1 Å². The number of hydrogen-bond acceptors (Lipinski definition) is 5. The number of para-hydroxylation sites is 1. The molecular weight excluding hydrogens is 266 g/mol. The monoisotopic (exact) mass is 281 g/mol. The number of hydrogen-bond donors (Lipinski definition) is 1. The molecule has 1 N–H and O–H groups in total. The number of carbonyl (C=O) groups excluding carboxylic acids is 1. The van der Waals surface area contributed by atoms with Crippen LogP contribution < -0.4 is 10.2 Å². The molecule has 1 aromatic heterocycles. The predicted octanol–water partition coefficient (Wildman–Crippen LogP) is 2.06. The summed E-state index contributed by atoms with van der Waals surface area (Å²) in [5.41, 5.74) is 1.20. The molecule has 0 bridgehead atoms. The first-order chi connectivity index (χ1) is 10.2. The highest BCUT2D eigenvalue weighted by Gasteiger charge is 2.18. The molecule has 2 rings (SSSR count). The number of carbonyl (C=O) groups is 1. The molecule has 0 atom stereocenters. The Kier molecular flexibility index (Phi) is 4.46. The zero-order chi connectivity index (χ0) is 15.2. The van der Waals surface area contributed by atoms with Crippen molar-refractivity contribution in [1.82, 2.24) is 9.97 Å². The molecule has 1 heterocycles. The molecule has 1 aromatic carbocycles. The molecule has 0 aliphatic carbocycles. The highest BCUT2D eigenvalue weighted by molar-refractivity contribution is 6.05. The van der Waals surface area contributed by atoms with Crippen molar-refractivity contribution in [3.05, 3.63) is 47.9 Å². The molecule has 1 amide bonds. The molecule has 6 heteroatoms. The lowest BCUT2D eigenvalue weighted by atomic mass is 10.1. The van der Waals surface area contributed by atoms with Gasteiger partial charge in [-0.2, -0.15) is 5.26 Å². The van der Waals surface area contributed by atoms with E-state index in [9.17, 15) is 4.79 Å². The maximum absolute atomic E-state index is 12.5. The van der Waals surface area contributed by atoms with Crippen molar-refractivity contribution in [2.45, 2.75) is 6.92 Å². The second-order valence-corrected chi connectivity index (χ2v) is 4.31. The number of nitrogens with zero attached hydrogens (tertiary/aromatic N) is 4. The van der Waals surface area contributed by atoms with Crippen molar-refractivity contribution in [1.29, 1.82) is 5.26 Å². The largest absolute Gasteiger partial charge is 0.369 e. The van der Waals surface area contributed by atoms with Crippen LogP contribution in [0.15, 0.2) is 36.7 Å². The van der Waals surface area contributed by atoms with Gasteiger partial charge >= 0.3 is 0 Å². The van der Waals surface area contributed by atoms with Gasteiger partial charge in [0.25, 0.3) is 5.91 Å². The summed E-state index contributed by atoms with van der Waals surface area (Å²) in [7, 11) is 1.61. The topological polar surface area (TPSA) is 81.9 Å². The third-order valence-corrected chi connectivity index (χ3v) is 2.90. The smallest absolute Gasteiger partial charge is 0.278 e. The Labute approximate surface area is 123 Å². The number of amides is 1. The van der Waals surface area contributed by atoms with E-state index in [-0.39, 0.29) is 11.6 Å². The first kappa shape index (κ1) is 14.5. The Balaban J connectivity index is 2.31. The van der Waals surface area contributed by atoms with E-state index in [4.69, 9.17) is 5.26 Å². The van der Waals surface area contributed by atoms with Gasteiger partial charge in [0.15, 0.2) is 0 Å². The fourth-order valence-electron chi connectivity index (χ4n) is 1.88. The van der Waals surface area contributed by atoms with Crippen LogP contribution in [0.4, 0.5) is 11.5 Å². The van der Waals surface area contributed by atoms with Crippen LogP contribution in [-0.2, 0) is 0 Å². The SMILES string of the molecule is CCNc1cncc(C(=O)N(C)c2ccccc2C#N)n1. The average Bonchev–Trinajstić information content (AvgIpc) is 2.54. The lowest BCUT2D eigenvalue weighted by molar-refractivity contribution is 0.0988. The highest BCUT2D eigenvalue weighted by Crippen LogP contribution is 2.19. The molecule has 21 heavy (non-hydrogen) atoms. The molecular formula is C15H15N5O. The lowest BCUT2D eigenvalue weighted by Crippen LogP contribution is -2.28. The fraction of sp³-hybridized carbons (Fsp3) is 0.200. The number of benzene rings is 1. The molecule has 0 aliphatic heterocycles. The van der Waals surface area contributed by atoms with Crippen molar-refractivity contribution in [3.8, 4) is 6.07 Å². The van der Waals surface area contributed by atoms with Crippen molar-refractivity contribution in [2.75, 3.05) is 23.8 Å². The molecule has 0 unspecified atom stereocenters. The number of nitriles is 1. The molecule has 0 saturated carbocycles. The van der Waals surface area contributed by atoms with Gasteiger partial charge in [-0.15, -0.1) is 0 Å². The minimum absolute atomic E-state index is 0.226. The van der Waals surface area contributed by atoms with E-state index in [2.05, 4.69) is 21.4 Å². The van der Waals surface area contributed by atoms with Crippen molar-refractivity contribution in [3.63, 3.8) is 0 Å². The third kappa shape index (κ3) is 3.15. The summed E-state index contributed by atoms with van der Waals surface area (Å²) in [4.78, 5) is 22.1. The summed E-state index contributed by atoms with van der Waals surface area (Å²) in [6.07, 6.45) is 2.97. The van der Waals surface area contributed by atoms with Crippen LogP contribution in [0.25, 0.3) is 0 Å². The van der Waals surface area contributed by atoms with Gasteiger partial charge in [0, 0.05) is 13.6 Å². The van der Waals surface area contributed by atoms with Gasteiger partial charge in [-0.05, 0) is 19.1 Å². The van der Waals surface area contributed by atoms with Crippen LogP contribution >= 0.6 is 0 Å².